The highest BCUT2D eigenvalue weighted by Crippen LogP contribution is 2.23. The maximum absolute atomic E-state index is 12.6. The Morgan fingerprint density at radius 3 is 2.31 bits per heavy atom. The Bertz CT molecular complexity index is 1600. The Morgan fingerprint density at radius 2 is 1.62 bits per heavy atom. The molecule has 0 saturated heterocycles. The molecule has 2 aromatic carbocycles. The molecule has 0 saturated carbocycles. The fraction of sp³-hybridized carbons (Fsp3) is 0.353. The molecule has 0 radical (unpaired) electrons. The van der Waals surface area contributed by atoms with Crippen LogP contribution in [-0.2, 0) is 9.59 Å². The van der Waals surface area contributed by atoms with E-state index in [1.165, 1.54) is 0 Å². The third kappa shape index (κ3) is 11.2. The first-order valence-electron chi connectivity index (χ1n) is 14.9. The van der Waals surface area contributed by atoms with Gasteiger partial charge in [0.2, 0.25) is 11.8 Å². The number of hydrogen-bond acceptors (Lipinski definition) is 8. The van der Waals surface area contributed by atoms with Gasteiger partial charge in [-0.25, -0.2) is 10.5 Å². The van der Waals surface area contributed by atoms with Gasteiger partial charge < -0.3 is 26.4 Å². The van der Waals surface area contributed by atoms with Gasteiger partial charge in [-0.05, 0) is 62.3 Å². The number of fused-ring (bicyclic) bond motifs is 1. The summed E-state index contributed by atoms with van der Waals surface area (Å²) < 4.78 is 0. The van der Waals surface area contributed by atoms with Crippen LogP contribution in [0.25, 0.3) is 10.8 Å². The highest BCUT2D eigenvalue weighted by atomic mass is 16.5. The predicted molar refractivity (Wildman–Crippen MR) is 173 cm³/mol. The van der Waals surface area contributed by atoms with Gasteiger partial charge in [0.15, 0.2) is 0 Å². The summed E-state index contributed by atoms with van der Waals surface area (Å²) in [6, 6.07) is 12.5. The van der Waals surface area contributed by atoms with Crippen molar-refractivity contribution < 1.29 is 24.7 Å². The summed E-state index contributed by atoms with van der Waals surface area (Å²) in [5.74, 6) is 11.6. The molecular formula is C34H40N6O5. The van der Waals surface area contributed by atoms with Gasteiger partial charge >= 0.3 is 0 Å². The standard InChI is InChI=1S/C34H40N6O5/c1-3-40(4-2)23-28(41)22-38-34(44)26-15-11-24(12-16-26)14-18-29-30-20-25(13-17-27(30)21-37-33(29)35)8-7-19-36-31(42)9-5-6-10-32(43)39-45/h11-13,15-17,20-21,28,41,45H,3-6,9-10,19,22-23H2,1-2H3,(H2,35,37)(H,36,42)(H,38,44)(H,39,43). The molecule has 0 aliphatic heterocycles. The molecule has 0 spiro atoms. The van der Waals surface area contributed by atoms with Crippen LogP contribution in [0.2, 0.25) is 0 Å². The van der Waals surface area contributed by atoms with Gasteiger partial charge in [0.25, 0.3) is 5.91 Å². The Balaban J connectivity index is 1.62. The second-order valence-corrected chi connectivity index (χ2v) is 10.3. The third-order valence-electron chi connectivity index (χ3n) is 7.05. The number of hydroxylamine groups is 1. The first-order chi connectivity index (χ1) is 21.7. The summed E-state index contributed by atoms with van der Waals surface area (Å²) in [6.07, 6.45) is 2.47. The van der Waals surface area contributed by atoms with Crippen LogP contribution in [0, 0.1) is 23.7 Å². The maximum atomic E-state index is 12.6. The minimum atomic E-state index is -0.650. The van der Waals surface area contributed by atoms with Crippen LogP contribution in [0.4, 0.5) is 5.82 Å². The average molecular weight is 613 g/mol. The van der Waals surface area contributed by atoms with E-state index < -0.39 is 12.0 Å². The molecule has 0 aliphatic carbocycles. The topological polar surface area (TPSA) is 170 Å². The molecule has 1 atom stereocenters. The lowest BCUT2D eigenvalue weighted by Gasteiger charge is -2.22. The number of nitrogens with two attached hydrogens (primary N) is 1. The second-order valence-electron chi connectivity index (χ2n) is 10.3. The number of pyridine rings is 1. The normalized spacial score (nSPS) is 11.1. The van der Waals surface area contributed by atoms with Crippen LogP contribution < -0.4 is 21.8 Å². The highest BCUT2D eigenvalue weighted by molar-refractivity contribution is 5.94. The number of unbranched alkanes of at least 4 members (excludes halogenated alkanes) is 1. The summed E-state index contributed by atoms with van der Waals surface area (Å²) in [5.41, 5.74) is 10.2. The zero-order chi connectivity index (χ0) is 32.6. The summed E-state index contributed by atoms with van der Waals surface area (Å²) in [6.45, 7) is 6.56. The number of rotatable bonds is 13. The Morgan fingerprint density at radius 1 is 0.933 bits per heavy atom. The van der Waals surface area contributed by atoms with Crippen LogP contribution in [0.1, 0.15) is 66.6 Å². The molecule has 3 amide bonds. The number of anilines is 1. The van der Waals surface area contributed by atoms with Crippen molar-refractivity contribution in [3.8, 4) is 23.7 Å². The van der Waals surface area contributed by atoms with Gasteiger partial charge in [0, 0.05) is 59.6 Å². The molecule has 45 heavy (non-hydrogen) atoms. The average Bonchev–Trinajstić information content (AvgIpc) is 3.06. The minimum absolute atomic E-state index is 0.160. The molecular weight excluding hydrogens is 572 g/mol. The summed E-state index contributed by atoms with van der Waals surface area (Å²) in [5, 5.41) is 25.8. The Kier molecular flexibility index (Phi) is 13.8. The van der Waals surface area contributed by atoms with Crippen molar-refractivity contribution in [3.05, 3.63) is 70.9 Å². The van der Waals surface area contributed by atoms with Gasteiger partial charge in [0.05, 0.1) is 18.2 Å². The molecule has 3 aromatic rings. The number of nitrogens with one attached hydrogen (secondary N) is 3. The highest BCUT2D eigenvalue weighted by Gasteiger charge is 2.12. The van der Waals surface area contributed by atoms with Crippen LogP contribution in [0.5, 0.6) is 0 Å². The number of amides is 3. The summed E-state index contributed by atoms with van der Waals surface area (Å²) in [4.78, 5) is 41.9. The van der Waals surface area contributed by atoms with Crippen molar-refractivity contribution >= 4 is 34.3 Å². The largest absolute Gasteiger partial charge is 0.390 e. The van der Waals surface area contributed by atoms with Gasteiger partial charge in [0.1, 0.15) is 5.82 Å². The molecule has 0 aliphatic rings. The molecule has 1 aromatic heterocycles. The van der Waals surface area contributed by atoms with Crippen molar-refractivity contribution in [2.75, 3.05) is 38.5 Å². The lowest BCUT2D eigenvalue weighted by Crippen LogP contribution is -2.40. The van der Waals surface area contributed by atoms with Gasteiger partial charge in [-0.1, -0.05) is 43.6 Å². The third-order valence-corrected chi connectivity index (χ3v) is 7.05. The summed E-state index contributed by atoms with van der Waals surface area (Å²) >= 11 is 0. The lowest BCUT2D eigenvalue weighted by molar-refractivity contribution is -0.129. The van der Waals surface area contributed by atoms with Crippen LogP contribution in [0.3, 0.4) is 0 Å². The van der Waals surface area contributed by atoms with Gasteiger partial charge in [-0.3, -0.25) is 19.6 Å². The van der Waals surface area contributed by atoms with E-state index in [0.717, 1.165) is 29.4 Å². The zero-order valence-corrected chi connectivity index (χ0v) is 25.7. The molecule has 3 rings (SSSR count). The van der Waals surface area contributed by atoms with E-state index in [4.69, 9.17) is 10.9 Å². The fourth-order valence-electron chi connectivity index (χ4n) is 4.44. The van der Waals surface area contributed by atoms with Crippen molar-refractivity contribution in [1.29, 1.82) is 0 Å². The van der Waals surface area contributed by atoms with Crippen molar-refractivity contribution in [2.24, 2.45) is 0 Å². The molecule has 1 heterocycles. The number of carbonyl (C=O) groups excluding carboxylic acids is 3. The number of nitrogen functional groups attached to an aromatic ring is 1. The number of aliphatic hydroxyl groups excluding tert-OH is 1. The number of aliphatic hydroxyl groups is 1. The van der Waals surface area contributed by atoms with Gasteiger partial charge in [-0.15, -0.1) is 0 Å². The minimum Gasteiger partial charge on any atom is -0.390 e. The van der Waals surface area contributed by atoms with Crippen LogP contribution in [-0.4, -0.2) is 76.7 Å². The first-order valence-corrected chi connectivity index (χ1v) is 14.9. The smallest absolute Gasteiger partial charge is 0.251 e. The molecule has 11 nitrogen and oxygen atoms in total. The Hall–Kier alpha value is -4.94. The number of hydrogen-bond donors (Lipinski definition) is 6. The van der Waals surface area contributed by atoms with Crippen molar-refractivity contribution in [1.82, 2.24) is 26.0 Å². The molecule has 11 heteroatoms. The summed E-state index contributed by atoms with van der Waals surface area (Å²) in [7, 11) is 0. The monoisotopic (exact) mass is 612 g/mol. The van der Waals surface area contributed by atoms with E-state index in [1.54, 1.807) is 35.9 Å². The van der Waals surface area contributed by atoms with E-state index in [9.17, 15) is 19.5 Å². The molecule has 1 unspecified atom stereocenters. The Labute approximate surface area is 263 Å². The van der Waals surface area contributed by atoms with E-state index in [2.05, 4.69) is 44.2 Å². The van der Waals surface area contributed by atoms with Crippen molar-refractivity contribution in [3.63, 3.8) is 0 Å². The number of benzene rings is 2. The van der Waals surface area contributed by atoms with Crippen LogP contribution >= 0.6 is 0 Å². The molecule has 236 valence electrons. The van der Waals surface area contributed by atoms with E-state index in [-0.39, 0.29) is 43.6 Å². The molecule has 7 N–H and O–H groups in total. The zero-order valence-electron chi connectivity index (χ0n) is 25.7. The number of carbonyl (C=O) groups is 3. The maximum Gasteiger partial charge on any atom is 0.251 e. The number of aromatic nitrogens is 1. The fourth-order valence-corrected chi connectivity index (χ4v) is 4.44. The van der Waals surface area contributed by atoms with Crippen molar-refractivity contribution in [2.45, 2.75) is 45.6 Å². The number of likely N-dealkylation sites (N-methyl/N-ethyl adjacent to an activating group) is 1. The molecule has 0 fully saturated rings. The predicted octanol–water partition coefficient (Wildman–Crippen LogP) is 2.18. The van der Waals surface area contributed by atoms with E-state index in [0.29, 0.717) is 36.1 Å². The quantitative estimate of drug-likeness (QED) is 0.0739. The van der Waals surface area contributed by atoms with E-state index >= 15 is 0 Å². The number of nitrogens with zero attached hydrogens (tertiary/aromatic N) is 2. The van der Waals surface area contributed by atoms with Crippen LogP contribution in [0.15, 0.2) is 48.7 Å². The molecule has 0 bridgehead atoms. The lowest BCUT2D eigenvalue weighted by atomic mass is 10.0. The second kappa shape index (κ2) is 18.0. The van der Waals surface area contributed by atoms with Gasteiger partial charge in [-0.2, -0.15) is 0 Å². The SMILES string of the molecule is CCN(CC)CC(O)CNC(=O)c1ccc(C#Cc2c(N)ncc3ccc(C#CCNC(=O)CCCCC(=O)NO)cc23)cc1. The van der Waals surface area contributed by atoms with E-state index in [1.807, 2.05) is 32.0 Å². The first kappa shape index (κ1) is 34.5.